The average Bonchev–Trinajstić information content (AvgIpc) is 2.19. The fourth-order valence-electron chi connectivity index (χ4n) is 1.62. The predicted octanol–water partition coefficient (Wildman–Crippen LogP) is 1.78. The maximum atomic E-state index is 3.64. The Balaban J connectivity index is 2.17. The van der Waals surface area contributed by atoms with Gasteiger partial charge in [-0.25, -0.2) is 0 Å². The number of nitrogens with zero attached hydrogens (tertiary/aromatic N) is 2. The first-order valence-electron chi connectivity index (χ1n) is 4.91. The molecular formula is C9H18Br2N2. The van der Waals surface area contributed by atoms with Gasteiger partial charge in [0.1, 0.15) is 0 Å². The van der Waals surface area contributed by atoms with Gasteiger partial charge in [-0.3, -0.25) is 4.90 Å². The molecule has 4 heteroatoms. The molecule has 0 aliphatic carbocycles. The van der Waals surface area contributed by atoms with Gasteiger partial charge in [0.05, 0.1) is 0 Å². The Kier molecular flexibility index (Phi) is 5.87. The van der Waals surface area contributed by atoms with Gasteiger partial charge in [0.25, 0.3) is 0 Å². The van der Waals surface area contributed by atoms with Crippen molar-refractivity contribution in [1.29, 1.82) is 0 Å². The largest absolute Gasteiger partial charge is 0.301 e. The van der Waals surface area contributed by atoms with Gasteiger partial charge in [0.2, 0.25) is 0 Å². The summed E-state index contributed by atoms with van der Waals surface area (Å²) in [4.78, 5) is 5.64. The number of hydrogen-bond acceptors (Lipinski definition) is 2. The zero-order chi connectivity index (χ0) is 9.68. The van der Waals surface area contributed by atoms with Crippen molar-refractivity contribution in [2.45, 2.75) is 11.8 Å². The molecule has 1 atom stereocenters. The maximum absolute atomic E-state index is 3.64. The Morgan fingerprint density at radius 1 is 1.15 bits per heavy atom. The van der Waals surface area contributed by atoms with Crippen molar-refractivity contribution in [2.24, 2.45) is 0 Å². The molecule has 78 valence electrons. The van der Waals surface area contributed by atoms with Crippen molar-refractivity contribution in [3.05, 3.63) is 0 Å². The van der Waals surface area contributed by atoms with Gasteiger partial charge in [-0.05, 0) is 6.54 Å². The number of rotatable bonds is 4. The fourth-order valence-corrected chi connectivity index (χ4v) is 2.23. The van der Waals surface area contributed by atoms with Crippen molar-refractivity contribution in [1.82, 2.24) is 9.80 Å². The third kappa shape index (κ3) is 4.28. The van der Waals surface area contributed by atoms with Crippen LogP contribution in [0.2, 0.25) is 0 Å². The zero-order valence-corrected chi connectivity index (χ0v) is 11.3. The molecule has 1 saturated heterocycles. The van der Waals surface area contributed by atoms with Crippen LogP contribution in [0, 0.1) is 0 Å². The standard InChI is InChI=1S/C9H18Br2N2/c1-2-12-3-5-13(6-4-12)8-9(11)7-10/h9H,2-8H2,1H3/t9-/m1/s1. The summed E-state index contributed by atoms with van der Waals surface area (Å²) in [6, 6.07) is 0. The molecule has 0 aromatic rings. The van der Waals surface area contributed by atoms with Crippen LogP contribution in [-0.4, -0.2) is 59.2 Å². The molecule has 13 heavy (non-hydrogen) atoms. The smallest absolute Gasteiger partial charge is 0.0370 e. The number of alkyl halides is 2. The molecule has 0 aromatic carbocycles. The van der Waals surface area contributed by atoms with Crippen LogP contribution in [0.4, 0.5) is 0 Å². The van der Waals surface area contributed by atoms with Crippen molar-refractivity contribution >= 4 is 31.9 Å². The topological polar surface area (TPSA) is 6.48 Å². The number of likely N-dealkylation sites (N-methyl/N-ethyl adjacent to an activating group) is 1. The van der Waals surface area contributed by atoms with E-state index in [1.54, 1.807) is 0 Å². The summed E-state index contributed by atoms with van der Waals surface area (Å²) in [7, 11) is 0. The van der Waals surface area contributed by atoms with E-state index in [4.69, 9.17) is 0 Å². The van der Waals surface area contributed by atoms with E-state index in [0.717, 1.165) is 5.33 Å². The summed E-state index contributed by atoms with van der Waals surface area (Å²) in [5.41, 5.74) is 0. The lowest BCUT2D eigenvalue weighted by atomic mass is 10.3. The van der Waals surface area contributed by atoms with Gasteiger partial charge in [0, 0.05) is 42.9 Å². The SMILES string of the molecule is CCN1CCN(C[C@H](Br)CBr)CC1. The first-order valence-corrected chi connectivity index (χ1v) is 6.94. The molecular weight excluding hydrogens is 296 g/mol. The quantitative estimate of drug-likeness (QED) is 0.730. The van der Waals surface area contributed by atoms with Crippen LogP contribution < -0.4 is 0 Å². The normalized spacial score (nSPS) is 23.3. The Hall–Kier alpha value is 0.880. The number of hydrogen-bond donors (Lipinski definition) is 0. The molecule has 0 bridgehead atoms. The average molecular weight is 314 g/mol. The zero-order valence-electron chi connectivity index (χ0n) is 8.18. The molecule has 0 radical (unpaired) electrons. The molecule has 1 rings (SSSR count). The molecule has 1 heterocycles. The third-order valence-corrected chi connectivity index (χ3v) is 4.80. The van der Waals surface area contributed by atoms with Gasteiger partial charge in [-0.15, -0.1) is 0 Å². The van der Waals surface area contributed by atoms with Crippen molar-refractivity contribution in [2.75, 3.05) is 44.6 Å². The molecule has 0 aromatic heterocycles. The molecule has 0 N–H and O–H groups in total. The van der Waals surface area contributed by atoms with Crippen LogP contribution in [0.3, 0.4) is 0 Å². The molecule has 1 aliphatic heterocycles. The van der Waals surface area contributed by atoms with Gasteiger partial charge in [-0.1, -0.05) is 38.8 Å². The van der Waals surface area contributed by atoms with Crippen LogP contribution in [0.1, 0.15) is 6.92 Å². The van der Waals surface area contributed by atoms with E-state index in [1.807, 2.05) is 0 Å². The van der Waals surface area contributed by atoms with E-state index in [9.17, 15) is 0 Å². The lowest BCUT2D eigenvalue weighted by molar-refractivity contribution is 0.139. The van der Waals surface area contributed by atoms with Crippen LogP contribution in [0.15, 0.2) is 0 Å². The van der Waals surface area contributed by atoms with E-state index in [0.29, 0.717) is 4.83 Å². The molecule has 0 saturated carbocycles. The van der Waals surface area contributed by atoms with Crippen LogP contribution in [-0.2, 0) is 0 Å². The monoisotopic (exact) mass is 312 g/mol. The predicted molar refractivity (Wildman–Crippen MR) is 65.1 cm³/mol. The molecule has 0 spiro atoms. The highest BCUT2D eigenvalue weighted by atomic mass is 79.9. The Morgan fingerprint density at radius 3 is 2.15 bits per heavy atom. The van der Waals surface area contributed by atoms with Crippen molar-refractivity contribution < 1.29 is 0 Å². The molecule has 1 fully saturated rings. The van der Waals surface area contributed by atoms with Gasteiger partial charge in [-0.2, -0.15) is 0 Å². The highest BCUT2D eigenvalue weighted by Gasteiger charge is 2.17. The summed E-state index contributed by atoms with van der Waals surface area (Å²) < 4.78 is 0. The Labute approximate surface area is 97.9 Å². The van der Waals surface area contributed by atoms with Gasteiger partial charge in [0.15, 0.2) is 0 Å². The summed E-state index contributed by atoms with van der Waals surface area (Å²) in [5.74, 6) is 0. The fraction of sp³-hybridized carbons (Fsp3) is 1.00. The minimum atomic E-state index is 0.598. The highest BCUT2D eigenvalue weighted by Crippen LogP contribution is 2.08. The summed E-state index contributed by atoms with van der Waals surface area (Å²) in [6.45, 7) is 9.52. The second kappa shape index (κ2) is 6.38. The number of piperazine rings is 1. The summed E-state index contributed by atoms with van der Waals surface area (Å²) >= 11 is 7.13. The summed E-state index contributed by atoms with van der Waals surface area (Å²) in [6.07, 6.45) is 0. The molecule has 2 nitrogen and oxygen atoms in total. The van der Waals surface area contributed by atoms with E-state index < -0.39 is 0 Å². The van der Waals surface area contributed by atoms with Crippen LogP contribution >= 0.6 is 31.9 Å². The van der Waals surface area contributed by atoms with Crippen LogP contribution in [0.5, 0.6) is 0 Å². The van der Waals surface area contributed by atoms with Crippen molar-refractivity contribution in [3.63, 3.8) is 0 Å². The molecule has 0 unspecified atom stereocenters. The molecule has 0 amide bonds. The van der Waals surface area contributed by atoms with E-state index in [1.165, 1.54) is 39.3 Å². The summed E-state index contributed by atoms with van der Waals surface area (Å²) in [5, 5.41) is 1.04. The Morgan fingerprint density at radius 2 is 1.69 bits per heavy atom. The second-order valence-electron chi connectivity index (χ2n) is 3.49. The van der Waals surface area contributed by atoms with Crippen molar-refractivity contribution in [3.8, 4) is 0 Å². The highest BCUT2D eigenvalue weighted by molar-refractivity contribution is 9.12. The maximum Gasteiger partial charge on any atom is 0.0370 e. The first kappa shape index (κ1) is 12.0. The van der Waals surface area contributed by atoms with Gasteiger partial charge < -0.3 is 4.90 Å². The number of halogens is 2. The van der Waals surface area contributed by atoms with E-state index in [2.05, 4.69) is 48.6 Å². The Bertz CT molecular complexity index is 136. The van der Waals surface area contributed by atoms with Crippen LogP contribution in [0.25, 0.3) is 0 Å². The lowest BCUT2D eigenvalue weighted by Crippen LogP contribution is -2.47. The third-order valence-electron chi connectivity index (χ3n) is 2.54. The van der Waals surface area contributed by atoms with E-state index >= 15 is 0 Å². The second-order valence-corrected chi connectivity index (χ2v) is 5.43. The first-order chi connectivity index (χ1) is 6.26. The van der Waals surface area contributed by atoms with E-state index in [-0.39, 0.29) is 0 Å². The lowest BCUT2D eigenvalue weighted by Gasteiger charge is -2.34. The molecule has 1 aliphatic rings. The minimum absolute atomic E-state index is 0.598. The van der Waals surface area contributed by atoms with Gasteiger partial charge >= 0.3 is 0 Å². The minimum Gasteiger partial charge on any atom is -0.301 e.